The lowest BCUT2D eigenvalue weighted by Crippen LogP contribution is -2.25. The Balaban J connectivity index is 2.88. The molecule has 0 fully saturated rings. The quantitative estimate of drug-likeness (QED) is 0.508. The molecule has 3 N–H and O–H groups in total. The summed E-state index contributed by atoms with van der Waals surface area (Å²) < 4.78 is 5.01. The number of rotatable bonds is 5. The van der Waals surface area contributed by atoms with Gasteiger partial charge in [0.25, 0.3) is 0 Å². The van der Waals surface area contributed by atoms with Gasteiger partial charge in [0.1, 0.15) is 0 Å². The van der Waals surface area contributed by atoms with Gasteiger partial charge in [-0.25, -0.2) is 0 Å². The summed E-state index contributed by atoms with van der Waals surface area (Å²) in [5, 5.41) is 8.45. The molecule has 56 valence electrons. The SMILES string of the molecule is CCOCC[C@H](N)CO. The summed E-state index contributed by atoms with van der Waals surface area (Å²) in [5.74, 6) is 0. The second-order valence-electron chi connectivity index (χ2n) is 1.93. The topological polar surface area (TPSA) is 55.5 Å². The van der Waals surface area contributed by atoms with Gasteiger partial charge in [-0.1, -0.05) is 0 Å². The Kier molecular flexibility index (Phi) is 5.93. The Morgan fingerprint density at radius 3 is 2.78 bits per heavy atom. The minimum Gasteiger partial charge on any atom is -0.395 e. The summed E-state index contributed by atoms with van der Waals surface area (Å²) in [7, 11) is 0. The van der Waals surface area contributed by atoms with Gasteiger partial charge in [-0.15, -0.1) is 0 Å². The molecule has 0 saturated carbocycles. The van der Waals surface area contributed by atoms with Crippen LogP contribution in [0.2, 0.25) is 0 Å². The summed E-state index contributed by atoms with van der Waals surface area (Å²) in [5.41, 5.74) is 5.38. The predicted octanol–water partition coefficient (Wildman–Crippen LogP) is -0.267. The molecule has 0 aliphatic carbocycles. The summed E-state index contributed by atoms with van der Waals surface area (Å²) in [4.78, 5) is 0. The van der Waals surface area contributed by atoms with Crippen molar-refractivity contribution in [1.29, 1.82) is 0 Å². The maximum absolute atomic E-state index is 8.45. The molecule has 0 aromatic heterocycles. The second-order valence-corrected chi connectivity index (χ2v) is 1.93. The zero-order valence-electron chi connectivity index (χ0n) is 5.84. The minimum atomic E-state index is -0.114. The highest BCUT2D eigenvalue weighted by Crippen LogP contribution is 1.86. The lowest BCUT2D eigenvalue weighted by Gasteiger charge is -2.06. The highest BCUT2D eigenvalue weighted by Gasteiger charge is 1.97. The van der Waals surface area contributed by atoms with Crippen LogP contribution in [0.25, 0.3) is 0 Å². The first-order chi connectivity index (χ1) is 4.31. The number of ether oxygens (including phenoxy) is 1. The van der Waals surface area contributed by atoms with Crippen molar-refractivity contribution in [3.63, 3.8) is 0 Å². The van der Waals surface area contributed by atoms with E-state index in [1.54, 1.807) is 0 Å². The zero-order chi connectivity index (χ0) is 7.11. The first-order valence-electron chi connectivity index (χ1n) is 3.25. The van der Waals surface area contributed by atoms with Crippen LogP contribution in [-0.2, 0) is 4.74 Å². The fourth-order valence-corrected chi connectivity index (χ4v) is 0.470. The fourth-order valence-electron chi connectivity index (χ4n) is 0.470. The van der Waals surface area contributed by atoms with E-state index in [-0.39, 0.29) is 12.6 Å². The summed E-state index contributed by atoms with van der Waals surface area (Å²) >= 11 is 0. The molecule has 0 aromatic carbocycles. The number of aliphatic hydroxyl groups excluding tert-OH is 1. The van der Waals surface area contributed by atoms with Crippen molar-refractivity contribution in [3.8, 4) is 0 Å². The van der Waals surface area contributed by atoms with Gasteiger partial charge in [-0.05, 0) is 13.3 Å². The molecule has 1 atom stereocenters. The van der Waals surface area contributed by atoms with E-state index in [9.17, 15) is 0 Å². The summed E-state index contributed by atoms with van der Waals surface area (Å²) in [6.45, 7) is 3.36. The van der Waals surface area contributed by atoms with Crippen molar-refractivity contribution in [2.75, 3.05) is 19.8 Å². The first kappa shape index (κ1) is 8.88. The molecule has 0 spiro atoms. The Labute approximate surface area is 55.8 Å². The van der Waals surface area contributed by atoms with E-state index in [1.807, 2.05) is 6.92 Å². The molecule has 0 aliphatic rings. The number of hydrogen-bond acceptors (Lipinski definition) is 3. The summed E-state index contributed by atoms with van der Waals surface area (Å²) in [6.07, 6.45) is 0.740. The van der Waals surface area contributed by atoms with Crippen molar-refractivity contribution < 1.29 is 9.84 Å². The van der Waals surface area contributed by atoms with Gasteiger partial charge in [0, 0.05) is 19.3 Å². The maximum atomic E-state index is 8.45. The normalized spacial score (nSPS) is 13.7. The van der Waals surface area contributed by atoms with Crippen LogP contribution in [0.15, 0.2) is 0 Å². The monoisotopic (exact) mass is 133 g/mol. The lowest BCUT2D eigenvalue weighted by atomic mass is 10.2. The molecule has 0 rings (SSSR count). The molecule has 3 nitrogen and oxygen atoms in total. The van der Waals surface area contributed by atoms with E-state index < -0.39 is 0 Å². The Hall–Kier alpha value is -0.120. The molecule has 9 heavy (non-hydrogen) atoms. The third kappa shape index (κ3) is 5.76. The third-order valence-corrected chi connectivity index (χ3v) is 1.07. The van der Waals surface area contributed by atoms with E-state index >= 15 is 0 Å². The van der Waals surface area contributed by atoms with Crippen molar-refractivity contribution in [3.05, 3.63) is 0 Å². The van der Waals surface area contributed by atoms with Gasteiger partial charge >= 0.3 is 0 Å². The van der Waals surface area contributed by atoms with Crippen LogP contribution in [0, 0.1) is 0 Å². The van der Waals surface area contributed by atoms with Gasteiger partial charge in [-0.2, -0.15) is 0 Å². The van der Waals surface area contributed by atoms with Crippen molar-refractivity contribution in [2.45, 2.75) is 19.4 Å². The molecule has 3 heteroatoms. The van der Waals surface area contributed by atoms with Crippen molar-refractivity contribution >= 4 is 0 Å². The number of hydrogen-bond donors (Lipinski definition) is 2. The van der Waals surface area contributed by atoms with Gasteiger partial charge in [0.15, 0.2) is 0 Å². The smallest absolute Gasteiger partial charge is 0.0583 e. The Morgan fingerprint density at radius 1 is 1.67 bits per heavy atom. The molecular weight excluding hydrogens is 118 g/mol. The molecule has 0 heterocycles. The fraction of sp³-hybridized carbons (Fsp3) is 1.00. The number of nitrogens with two attached hydrogens (primary N) is 1. The highest BCUT2D eigenvalue weighted by molar-refractivity contribution is 4.56. The average molecular weight is 133 g/mol. The molecule has 0 aromatic rings. The second kappa shape index (κ2) is 6.01. The molecule has 0 radical (unpaired) electrons. The van der Waals surface area contributed by atoms with Crippen LogP contribution >= 0.6 is 0 Å². The largest absolute Gasteiger partial charge is 0.395 e. The van der Waals surface area contributed by atoms with Gasteiger partial charge in [0.2, 0.25) is 0 Å². The minimum absolute atomic E-state index is 0.0487. The molecule has 0 unspecified atom stereocenters. The third-order valence-electron chi connectivity index (χ3n) is 1.07. The van der Waals surface area contributed by atoms with E-state index in [1.165, 1.54) is 0 Å². The molecule has 0 amide bonds. The van der Waals surface area contributed by atoms with E-state index in [2.05, 4.69) is 0 Å². The highest BCUT2D eigenvalue weighted by atomic mass is 16.5. The molecule has 0 bridgehead atoms. The maximum Gasteiger partial charge on any atom is 0.0583 e. The van der Waals surface area contributed by atoms with E-state index in [0.717, 1.165) is 13.0 Å². The average Bonchev–Trinajstić information content (AvgIpc) is 1.89. The lowest BCUT2D eigenvalue weighted by molar-refractivity contribution is 0.131. The van der Waals surface area contributed by atoms with Crippen LogP contribution < -0.4 is 5.73 Å². The Bertz CT molecular complexity index is 59.0. The van der Waals surface area contributed by atoms with E-state index in [0.29, 0.717) is 6.61 Å². The zero-order valence-corrected chi connectivity index (χ0v) is 5.84. The summed E-state index contributed by atoms with van der Waals surface area (Å²) in [6, 6.07) is -0.114. The standard InChI is InChI=1S/C6H15NO2/c1-2-9-4-3-6(7)5-8/h6,8H,2-5,7H2,1H3/t6-/m0/s1. The molecule has 0 aliphatic heterocycles. The van der Waals surface area contributed by atoms with Crippen molar-refractivity contribution in [2.24, 2.45) is 5.73 Å². The van der Waals surface area contributed by atoms with Crippen LogP contribution in [0.1, 0.15) is 13.3 Å². The van der Waals surface area contributed by atoms with E-state index in [4.69, 9.17) is 15.6 Å². The number of aliphatic hydroxyl groups is 1. The van der Waals surface area contributed by atoms with Crippen LogP contribution in [0.5, 0.6) is 0 Å². The van der Waals surface area contributed by atoms with Crippen molar-refractivity contribution in [1.82, 2.24) is 0 Å². The van der Waals surface area contributed by atoms with Crippen LogP contribution in [0.3, 0.4) is 0 Å². The van der Waals surface area contributed by atoms with Gasteiger partial charge in [0.05, 0.1) is 6.61 Å². The molecular formula is C6H15NO2. The van der Waals surface area contributed by atoms with Crippen LogP contribution in [-0.4, -0.2) is 31.0 Å². The van der Waals surface area contributed by atoms with Crippen LogP contribution in [0.4, 0.5) is 0 Å². The molecule has 0 saturated heterocycles. The Morgan fingerprint density at radius 2 is 2.33 bits per heavy atom. The van der Waals surface area contributed by atoms with Gasteiger partial charge in [-0.3, -0.25) is 0 Å². The van der Waals surface area contributed by atoms with Gasteiger partial charge < -0.3 is 15.6 Å². The predicted molar refractivity (Wildman–Crippen MR) is 36.2 cm³/mol. The first-order valence-corrected chi connectivity index (χ1v) is 3.25.